The van der Waals surface area contributed by atoms with Gasteiger partial charge in [0.15, 0.2) is 17.5 Å². The minimum atomic E-state index is 0.600. The van der Waals surface area contributed by atoms with E-state index in [2.05, 4.69) is 71.7 Å². The van der Waals surface area contributed by atoms with Crippen LogP contribution >= 0.6 is 0 Å². The first kappa shape index (κ1) is 28.9. The van der Waals surface area contributed by atoms with Crippen molar-refractivity contribution < 1.29 is 8.83 Å². The lowest BCUT2D eigenvalue weighted by Crippen LogP contribution is -2.03. The fourth-order valence-corrected chi connectivity index (χ4v) is 7.92. The molecule has 0 amide bonds. The lowest BCUT2D eigenvalue weighted by molar-refractivity contribution is 0.668. The number of hydrogen-bond donors (Lipinski definition) is 0. The lowest BCUT2D eigenvalue weighted by Gasteiger charge is -2.19. The van der Waals surface area contributed by atoms with Crippen LogP contribution in [-0.4, -0.2) is 19.9 Å². The van der Waals surface area contributed by atoms with Gasteiger partial charge in [0.05, 0.1) is 0 Å². The van der Waals surface area contributed by atoms with Crippen LogP contribution in [0, 0.1) is 0 Å². The van der Waals surface area contributed by atoms with Crippen LogP contribution in [-0.2, 0) is 6.42 Å². The second-order valence-electron chi connectivity index (χ2n) is 13.3. The second-order valence-corrected chi connectivity index (χ2v) is 13.3. The monoisotopic (exact) mass is 668 g/mol. The molecule has 0 atom stereocenters. The highest BCUT2D eigenvalue weighted by Gasteiger charge is 2.22. The number of nitrogens with zero attached hydrogens (tertiary/aromatic N) is 4. The molecule has 6 nitrogen and oxygen atoms in total. The van der Waals surface area contributed by atoms with Gasteiger partial charge in [-0.3, -0.25) is 4.98 Å². The summed E-state index contributed by atoms with van der Waals surface area (Å²) in [4.78, 5) is 19.9. The van der Waals surface area contributed by atoms with Crippen LogP contribution in [0.3, 0.4) is 0 Å². The van der Waals surface area contributed by atoms with Crippen LogP contribution in [0.4, 0.5) is 0 Å². The van der Waals surface area contributed by atoms with E-state index in [1.807, 2.05) is 72.9 Å². The molecule has 0 saturated carbocycles. The first-order chi connectivity index (χ1) is 25.8. The van der Waals surface area contributed by atoms with Crippen LogP contribution in [0.2, 0.25) is 0 Å². The Morgan fingerprint density at radius 2 is 1.21 bits per heavy atom. The normalized spacial score (nSPS) is 12.8. The SMILES string of the molecule is C1=Cc2c(cc(-c3nc(-c4ccccc4)nc(-c4cccc5oc6ccccc6c45)n3)cc2-c2cc3oc4ccncc4c3c3ccccc23)CC1. The number of fused-ring (bicyclic) bond motifs is 9. The van der Waals surface area contributed by atoms with E-state index < -0.39 is 0 Å². The van der Waals surface area contributed by atoms with Crippen molar-refractivity contribution in [2.75, 3.05) is 0 Å². The molecule has 10 aromatic rings. The van der Waals surface area contributed by atoms with Gasteiger partial charge in [0, 0.05) is 50.6 Å². The third kappa shape index (κ3) is 4.44. The summed E-state index contributed by atoms with van der Waals surface area (Å²) in [5.41, 5.74) is 10.8. The smallest absolute Gasteiger partial charge is 0.164 e. The minimum Gasteiger partial charge on any atom is -0.456 e. The summed E-state index contributed by atoms with van der Waals surface area (Å²) in [6, 6.07) is 41.5. The fourth-order valence-electron chi connectivity index (χ4n) is 7.92. The van der Waals surface area contributed by atoms with Crippen LogP contribution in [0.25, 0.3) is 106 Å². The zero-order chi connectivity index (χ0) is 34.2. The molecule has 0 aliphatic heterocycles. The van der Waals surface area contributed by atoms with Crippen molar-refractivity contribution in [3.8, 4) is 45.3 Å². The molecule has 244 valence electrons. The van der Waals surface area contributed by atoms with Gasteiger partial charge in [0.25, 0.3) is 0 Å². The summed E-state index contributed by atoms with van der Waals surface area (Å²) in [5, 5.41) is 6.41. The summed E-state index contributed by atoms with van der Waals surface area (Å²) >= 11 is 0. The average Bonchev–Trinajstić information content (AvgIpc) is 3.79. The van der Waals surface area contributed by atoms with Crippen molar-refractivity contribution in [1.29, 1.82) is 0 Å². The zero-order valence-electron chi connectivity index (χ0n) is 27.9. The third-order valence-corrected chi connectivity index (χ3v) is 10.3. The molecule has 0 saturated heterocycles. The predicted octanol–water partition coefficient (Wildman–Crippen LogP) is 11.8. The predicted molar refractivity (Wildman–Crippen MR) is 209 cm³/mol. The number of aromatic nitrogens is 4. The van der Waals surface area contributed by atoms with E-state index >= 15 is 0 Å². The summed E-state index contributed by atoms with van der Waals surface area (Å²) in [5.74, 6) is 1.84. The van der Waals surface area contributed by atoms with E-state index in [1.54, 1.807) is 6.20 Å². The fraction of sp³-hybridized carbons (Fsp3) is 0.0435. The Hall–Kier alpha value is -6.92. The Morgan fingerprint density at radius 1 is 0.481 bits per heavy atom. The van der Waals surface area contributed by atoms with Gasteiger partial charge in [-0.2, -0.15) is 0 Å². The van der Waals surface area contributed by atoms with Crippen molar-refractivity contribution in [1.82, 2.24) is 19.9 Å². The van der Waals surface area contributed by atoms with E-state index in [0.717, 1.165) is 95.3 Å². The zero-order valence-corrected chi connectivity index (χ0v) is 27.9. The largest absolute Gasteiger partial charge is 0.456 e. The molecular formula is C46H28N4O2. The molecule has 6 heteroatoms. The number of hydrogen-bond acceptors (Lipinski definition) is 6. The highest BCUT2D eigenvalue weighted by Crippen LogP contribution is 2.44. The second kappa shape index (κ2) is 11.3. The summed E-state index contributed by atoms with van der Waals surface area (Å²) < 4.78 is 12.7. The van der Waals surface area contributed by atoms with Crippen molar-refractivity contribution in [2.45, 2.75) is 12.8 Å². The van der Waals surface area contributed by atoms with Crippen molar-refractivity contribution >= 4 is 60.7 Å². The summed E-state index contributed by atoms with van der Waals surface area (Å²) in [7, 11) is 0. The number of pyridine rings is 1. The van der Waals surface area contributed by atoms with Gasteiger partial charge in [0.1, 0.15) is 22.3 Å². The molecular weight excluding hydrogens is 641 g/mol. The topological polar surface area (TPSA) is 77.8 Å². The van der Waals surface area contributed by atoms with Crippen LogP contribution in [0.5, 0.6) is 0 Å². The molecule has 52 heavy (non-hydrogen) atoms. The third-order valence-electron chi connectivity index (χ3n) is 10.3. The van der Waals surface area contributed by atoms with E-state index in [0.29, 0.717) is 17.5 Å². The molecule has 0 unspecified atom stereocenters. The molecule has 4 aromatic heterocycles. The summed E-state index contributed by atoms with van der Waals surface area (Å²) in [6.45, 7) is 0. The highest BCUT2D eigenvalue weighted by molar-refractivity contribution is 6.22. The summed E-state index contributed by atoms with van der Waals surface area (Å²) in [6.07, 6.45) is 10.1. The highest BCUT2D eigenvalue weighted by atomic mass is 16.3. The molecule has 1 aliphatic carbocycles. The Labute approximate surface area is 297 Å². The number of aryl methyl sites for hydroxylation is 1. The number of para-hydroxylation sites is 1. The minimum absolute atomic E-state index is 0.600. The average molecular weight is 669 g/mol. The molecule has 0 spiro atoms. The van der Waals surface area contributed by atoms with Gasteiger partial charge in [-0.05, 0) is 82.3 Å². The van der Waals surface area contributed by atoms with E-state index in [4.69, 9.17) is 23.8 Å². The van der Waals surface area contributed by atoms with Gasteiger partial charge in [-0.25, -0.2) is 15.0 Å². The standard InChI is InChI=1S/C46H28N4O2/c1-2-11-27(12-3-1)44-48-45(50-46(49-44)34-18-10-20-40-43(34)33-17-8-9-19-38(33)51-40)29-23-28-13-4-5-14-30(28)35(24-29)36-25-41-42(32-16-7-6-15-31(32)36)37-26-47-22-21-39(37)52-41/h1-3,5-12,14-26H,4,13H2. The molecule has 0 radical (unpaired) electrons. The molecule has 1 aliphatic rings. The Balaban J connectivity index is 1.19. The van der Waals surface area contributed by atoms with Crippen molar-refractivity contribution in [2.24, 2.45) is 0 Å². The Morgan fingerprint density at radius 3 is 2.12 bits per heavy atom. The Kier molecular flexibility index (Phi) is 6.28. The quantitative estimate of drug-likeness (QED) is 0.186. The van der Waals surface area contributed by atoms with E-state index in [1.165, 1.54) is 11.1 Å². The van der Waals surface area contributed by atoms with Crippen LogP contribution in [0.15, 0.2) is 149 Å². The number of furan rings is 2. The van der Waals surface area contributed by atoms with Gasteiger partial charge >= 0.3 is 0 Å². The van der Waals surface area contributed by atoms with Gasteiger partial charge in [0.2, 0.25) is 0 Å². The van der Waals surface area contributed by atoms with Gasteiger partial charge in [-0.1, -0.05) is 97.1 Å². The first-order valence-electron chi connectivity index (χ1n) is 17.5. The Bertz CT molecular complexity index is 3080. The number of benzene rings is 6. The lowest BCUT2D eigenvalue weighted by atomic mass is 9.85. The molecule has 4 heterocycles. The van der Waals surface area contributed by atoms with E-state index in [9.17, 15) is 0 Å². The molecule has 0 fully saturated rings. The maximum absolute atomic E-state index is 6.47. The molecule has 0 N–H and O–H groups in total. The van der Waals surface area contributed by atoms with E-state index in [-0.39, 0.29) is 0 Å². The van der Waals surface area contributed by atoms with Crippen LogP contribution < -0.4 is 0 Å². The maximum Gasteiger partial charge on any atom is 0.164 e. The van der Waals surface area contributed by atoms with Gasteiger partial charge in [-0.15, -0.1) is 0 Å². The molecule has 6 aromatic carbocycles. The number of allylic oxidation sites excluding steroid dienone is 1. The van der Waals surface area contributed by atoms with Crippen molar-refractivity contribution in [3.63, 3.8) is 0 Å². The molecule has 11 rings (SSSR count). The van der Waals surface area contributed by atoms with Crippen LogP contribution in [0.1, 0.15) is 17.5 Å². The van der Waals surface area contributed by atoms with Crippen molar-refractivity contribution in [3.05, 3.63) is 151 Å². The maximum atomic E-state index is 6.47. The van der Waals surface area contributed by atoms with Gasteiger partial charge < -0.3 is 8.83 Å². The first-order valence-corrected chi connectivity index (χ1v) is 17.5. The number of rotatable bonds is 4. The molecule has 0 bridgehead atoms.